The minimum atomic E-state index is -0.950. The quantitative estimate of drug-likeness (QED) is 0.867. The summed E-state index contributed by atoms with van der Waals surface area (Å²) in [6, 6.07) is 2.37. The summed E-state index contributed by atoms with van der Waals surface area (Å²) in [7, 11) is 0. The van der Waals surface area contributed by atoms with Gasteiger partial charge in [0, 0.05) is 18.0 Å². The van der Waals surface area contributed by atoms with Crippen LogP contribution < -0.4 is 5.32 Å². The van der Waals surface area contributed by atoms with E-state index in [-0.39, 0.29) is 11.8 Å². The molecule has 102 valence electrons. The number of aliphatic carboxylic acids is 1. The van der Waals surface area contributed by atoms with Crippen LogP contribution >= 0.6 is 0 Å². The molecule has 5 heteroatoms. The third-order valence-electron chi connectivity index (χ3n) is 3.62. The number of hydrogen-bond acceptors (Lipinski definition) is 3. The van der Waals surface area contributed by atoms with Gasteiger partial charge in [-0.05, 0) is 30.9 Å². The maximum Gasteiger partial charge on any atom is 0.326 e. The highest BCUT2D eigenvalue weighted by Crippen LogP contribution is 2.26. The minimum Gasteiger partial charge on any atom is -0.480 e. The van der Waals surface area contributed by atoms with Crippen molar-refractivity contribution in [3.8, 4) is 0 Å². The highest BCUT2D eigenvalue weighted by molar-refractivity contribution is 5.96. The zero-order chi connectivity index (χ0) is 13.7. The molecular weight excluding hydrogens is 244 g/mol. The number of carboxylic acid groups (broad SMARTS) is 1. The smallest absolute Gasteiger partial charge is 0.326 e. The fraction of sp³-hybridized carbons (Fsp3) is 0.500. The van der Waals surface area contributed by atoms with Crippen LogP contribution in [0.1, 0.15) is 42.5 Å². The molecule has 1 heterocycles. The fourth-order valence-electron chi connectivity index (χ4n) is 2.58. The van der Waals surface area contributed by atoms with Gasteiger partial charge in [0.15, 0.2) is 0 Å². The lowest BCUT2D eigenvalue weighted by molar-refractivity contribution is -0.141. The SMILES string of the molecule is O=C(NC(C(=O)O)C1CCCCC1)c1ccncc1. The third-order valence-corrected chi connectivity index (χ3v) is 3.62. The molecule has 2 N–H and O–H groups in total. The second-order valence-corrected chi connectivity index (χ2v) is 4.92. The van der Waals surface area contributed by atoms with Crippen LogP contribution in [0.5, 0.6) is 0 Å². The van der Waals surface area contributed by atoms with Crippen LogP contribution in [0.15, 0.2) is 24.5 Å². The molecule has 1 unspecified atom stereocenters. The Bertz CT molecular complexity index is 441. The number of nitrogens with one attached hydrogen (secondary N) is 1. The Morgan fingerprint density at radius 3 is 2.42 bits per heavy atom. The van der Waals surface area contributed by atoms with Crippen molar-refractivity contribution in [1.29, 1.82) is 0 Å². The summed E-state index contributed by atoms with van der Waals surface area (Å²) in [5.74, 6) is -1.26. The predicted molar refractivity (Wildman–Crippen MR) is 69.7 cm³/mol. The molecular formula is C14H18N2O3. The van der Waals surface area contributed by atoms with Crippen LogP contribution in [0.2, 0.25) is 0 Å². The van der Waals surface area contributed by atoms with Gasteiger partial charge in [-0.2, -0.15) is 0 Å². The average Bonchev–Trinajstić information content (AvgIpc) is 2.46. The van der Waals surface area contributed by atoms with E-state index in [4.69, 9.17) is 0 Å². The summed E-state index contributed by atoms with van der Waals surface area (Å²) in [6.45, 7) is 0. The third kappa shape index (κ3) is 3.53. The first-order chi connectivity index (χ1) is 9.18. The van der Waals surface area contributed by atoms with Gasteiger partial charge in [0.1, 0.15) is 6.04 Å². The van der Waals surface area contributed by atoms with Crippen molar-refractivity contribution >= 4 is 11.9 Å². The maximum absolute atomic E-state index is 12.0. The molecule has 1 aliphatic rings. The molecule has 1 aliphatic carbocycles. The van der Waals surface area contributed by atoms with Crippen molar-refractivity contribution in [3.05, 3.63) is 30.1 Å². The van der Waals surface area contributed by atoms with Gasteiger partial charge >= 0.3 is 5.97 Å². The van der Waals surface area contributed by atoms with E-state index in [1.807, 2.05) is 0 Å². The molecule has 1 amide bonds. The average molecular weight is 262 g/mol. The van der Waals surface area contributed by atoms with E-state index in [0.29, 0.717) is 5.56 Å². The van der Waals surface area contributed by atoms with E-state index in [1.165, 1.54) is 12.4 Å². The molecule has 1 saturated carbocycles. The summed E-state index contributed by atoms with van der Waals surface area (Å²) in [5.41, 5.74) is 0.442. The number of carbonyl (C=O) groups is 2. The number of rotatable bonds is 4. The van der Waals surface area contributed by atoms with E-state index in [9.17, 15) is 14.7 Å². The van der Waals surface area contributed by atoms with Gasteiger partial charge in [-0.25, -0.2) is 4.79 Å². The highest BCUT2D eigenvalue weighted by atomic mass is 16.4. The topological polar surface area (TPSA) is 79.3 Å². The second kappa shape index (κ2) is 6.31. The lowest BCUT2D eigenvalue weighted by Crippen LogP contribution is -2.46. The first-order valence-corrected chi connectivity index (χ1v) is 6.62. The molecule has 0 spiro atoms. The van der Waals surface area contributed by atoms with Gasteiger partial charge < -0.3 is 10.4 Å². The molecule has 0 bridgehead atoms. The van der Waals surface area contributed by atoms with Crippen molar-refractivity contribution in [2.75, 3.05) is 0 Å². The molecule has 1 aromatic heterocycles. The van der Waals surface area contributed by atoms with Crippen molar-refractivity contribution in [3.63, 3.8) is 0 Å². The van der Waals surface area contributed by atoms with Crippen molar-refractivity contribution in [2.45, 2.75) is 38.1 Å². The normalized spacial score (nSPS) is 17.7. The van der Waals surface area contributed by atoms with Crippen LogP contribution in [-0.2, 0) is 4.79 Å². The molecule has 2 rings (SSSR count). The lowest BCUT2D eigenvalue weighted by Gasteiger charge is -2.28. The number of carbonyl (C=O) groups excluding carboxylic acids is 1. The van der Waals surface area contributed by atoms with E-state index in [2.05, 4.69) is 10.3 Å². The largest absolute Gasteiger partial charge is 0.480 e. The van der Waals surface area contributed by atoms with Gasteiger partial charge in [0.05, 0.1) is 0 Å². The molecule has 0 aromatic carbocycles. The van der Waals surface area contributed by atoms with Crippen molar-refractivity contribution in [1.82, 2.24) is 10.3 Å². The van der Waals surface area contributed by atoms with Crippen LogP contribution in [-0.4, -0.2) is 28.0 Å². The Hall–Kier alpha value is -1.91. The molecule has 0 radical (unpaired) electrons. The van der Waals surface area contributed by atoms with E-state index in [1.54, 1.807) is 12.1 Å². The van der Waals surface area contributed by atoms with Crippen LogP contribution in [0, 0.1) is 5.92 Å². The maximum atomic E-state index is 12.0. The van der Waals surface area contributed by atoms with Crippen molar-refractivity contribution < 1.29 is 14.7 Å². The van der Waals surface area contributed by atoms with E-state index < -0.39 is 12.0 Å². The molecule has 0 aliphatic heterocycles. The van der Waals surface area contributed by atoms with Crippen LogP contribution in [0.4, 0.5) is 0 Å². The summed E-state index contributed by atoms with van der Waals surface area (Å²) in [4.78, 5) is 27.2. The highest BCUT2D eigenvalue weighted by Gasteiger charge is 2.30. The first kappa shape index (κ1) is 13.5. The number of aromatic nitrogens is 1. The summed E-state index contributed by atoms with van der Waals surface area (Å²) < 4.78 is 0. The molecule has 1 atom stereocenters. The Labute approximate surface area is 112 Å². The number of carboxylic acids is 1. The Morgan fingerprint density at radius 1 is 1.21 bits per heavy atom. The van der Waals surface area contributed by atoms with E-state index >= 15 is 0 Å². The van der Waals surface area contributed by atoms with Crippen LogP contribution in [0.3, 0.4) is 0 Å². The van der Waals surface area contributed by atoms with Gasteiger partial charge in [0.2, 0.25) is 0 Å². The van der Waals surface area contributed by atoms with Gasteiger partial charge in [0.25, 0.3) is 5.91 Å². The van der Waals surface area contributed by atoms with E-state index in [0.717, 1.165) is 32.1 Å². The molecule has 1 fully saturated rings. The number of hydrogen-bond donors (Lipinski definition) is 2. The van der Waals surface area contributed by atoms with Gasteiger partial charge in [-0.3, -0.25) is 9.78 Å². The van der Waals surface area contributed by atoms with Crippen LogP contribution in [0.25, 0.3) is 0 Å². The zero-order valence-electron chi connectivity index (χ0n) is 10.7. The number of nitrogens with zero attached hydrogens (tertiary/aromatic N) is 1. The molecule has 1 aromatic rings. The monoisotopic (exact) mass is 262 g/mol. The lowest BCUT2D eigenvalue weighted by atomic mass is 9.84. The fourth-order valence-corrected chi connectivity index (χ4v) is 2.58. The zero-order valence-corrected chi connectivity index (χ0v) is 10.7. The predicted octanol–water partition coefficient (Wildman–Crippen LogP) is 1.84. The number of amides is 1. The minimum absolute atomic E-state index is 0.0389. The Kier molecular flexibility index (Phi) is 4.49. The first-order valence-electron chi connectivity index (χ1n) is 6.62. The molecule has 5 nitrogen and oxygen atoms in total. The van der Waals surface area contributed by atoms with Gasteiger partial charge in [-0.1, -0.05) is 19.3 Å². The summed E-state index contributed by atoms with van der Waals surface area (Å²) in [5, 5.41) is 11.9. The molecule has 19 heavy (non-hydrogen) atoms. The standard InChI is InChI=1S/C14H18N2O3/c17-13(11-6-8-15-9-7-11)16-12(14(18)19)10-4-2-1-3-5-10/h6-10,12H,1-5H2,(H,16,17)(H,18,19). The van der Waals surface area contributed by atoms with Gasteiger partial charge in [-0.15, -0.1) is 0 Å². The Morgan fingerprint density at radius 2 is 1.84 bits per heavy atom. The summed E-state index contributed by atoms with van der Waals surface area (Å²) >= 11 is 0. The summed E-state index contributed by atoms with van der Waals surface area (Å²) in [6.07, 6.45) is 8.01. The second-order valence-electron chi connectivity index (χ2n) is 4.92. The van der Waals surface area contributed by atoms with Crippen molar-refractivity contribution in [2.24, 2.45) is 5.92 Å². The molecule has 0 saturated heterocycles. The number of pyridine rings is 1. The Balaban J connectivity index is 2.04.